The van der Waals surface area contributed by atoms with Gasteiger partial charge in [0.2, 0.25) is 5.91 Å². The summed E-state index contributed by atoms with van der Waals surface area (Å²) < 4.78 is 11.3. The number of carbonyl (C=O) groups excluding carboxylic acids is 1. The van der Waals surface area contributed by atoms with E-state index in [0.29, 0.717) is 44.0 Å². The van der Waals surface area contributed by atoms with Crippen molar-refractivity contribution in [1.29, 1.82) is 0 Å². The molecule has 0 aromatic heterocycles. The number of amides is 1. The molecule has 2 rings (SSSR count). The van der Waals surface area contributed by atoms with Crippen LogP contribution in [-0.4, -0.2) is 30.2 Å². The Morgan fingerprint density at radius 1 is 1.11 bits per heavy atom. The molecule has 0 bridgehead atoms. The number of carbonyl (C=O) groups is 2. The number of aliphatic carboxylic acids is 1. The molecule has 6 heteroatoms. The number of carboxylic acid groups (broad SMARTS) is 1. The van der Waals surface area contributed by atoms with Gasteiger partial charge in [0, 0.05) is 5.92 Å². The standard InChI is InChI=1S/C21H31NO5/c1-5-26-17-10-9-14(12-18(17)27-6-2)19(13(3)4)22-20(23)15-7-8-16(11-15)21(24)25/h9-10,12-13,15-16,19H,5-8,11H2,1-4H3,(H,22,23)(H,24,25)/t15-,16+,19?/m1/s1. The smallest absolute Gasteiger partial charge is 0.306 e. The summed E-state index contributed by atoms with van der Waals surface area (Å²) in [5, 5.41) is 12.3. The van der Waals surface area contributed by atoms with Gasteiger partial charge in [-0.25, -0.2) is 0 Å². The van der Waals surface area contributed by atoms with Crippen molar-refractivity contribution in [3.8, 4) is 11.5 Å². The first-order valence-electron chi connectivity index (χ1n) is 9.80. The van der Waals surface area contributed by atoms with E-state index in [1.165, 1.54) is 0 Å². The van der Waals surface area contributed by atoms with Crippen LogP contribution in [0.3, 0.4) is 0 Å². The molecule has 1 aliphatic carbocycles. The van der Waals surface area contributed by atoms with Crippen LogP contribution in [0.4, 0.5) is 0 Å². The first kappa shape index (κ1) is 21.1. The summed E-state index contributed by atoms with van der Waals surface area (Å²) in [7, 11) is 0. The van der Waals surface area contributed by atoms with Crippen LogP contribution >= 0.6 is 0 Å². The average Bonchev–Trinajstić information content (AvgIpc) is 3.12. The fourth-order valence-corrected chi connectivity index (χ4v) is 3.61. The first-order chi connectivity index (χ1) is 12.9. The molecule has 1 aliphatic rings. The van der Waals surface area contributed by atoms with Gasteiger partial charge in [-0.3, -0.25) is 9.59 Å². The Bertz CT molecular complexity index is 658. The Labute approximate surface area is 161 Å². The molecule has 1 fully saturated rings. The summed E-state index contributed by atoms with van der Waals surface area (Å²) >= 11 is 0. The van der Waals surface area contributed by atoms with E-state index in [9.17, 15) is 9.59 Å². The van der Waals surface area contributed by atoms with E-state index in [4.69, 9.17) is 14.6 Å². The molecule has 6 nitrogen and oxygen atoms in total. The molecule has 0 saturated heterocycles. The lowest BCUT2D eigenvalue weighted by Gasteiger charge is -2.25. The van der Waals surface area contributed by atoms with Crippen molar-refractivity contribution in [2.24, 2.45) is 17.8 Å². The van der Waals surface area contributed by atoms with Gasteiger partial charge < -0.3 is 19.9 Å². The summed E-state index contributed by atoms with van der Waals surface area (Å²) in [6, 6.07) is 5.58. The van der Waals surface area contributed by atoms with E-state index in [1.807, 2.05) is 32.0 Å². The van der Waals surface area contributed by atoms with Crippen LogP contribution in [0.5, 0.6) is 11.5 Å². The number of rotatable bonds is 9. The minimum atomic E-state index is -0.807. The highest BCUT2D eigenvalue weighted by molar-refractivity contribution is 5.81. The lowest BCUT2D eigenvalue weighted by Crippen LogP contribution is -2.35. The van der Waals surface area contributed by atoms with Gasteiger partial charge >= 0.3 is 5.97 Å². The number of nitrogens with one attached hydrogen (secondary N) is 1. The van der Waals surface area contributed by atoms with Crippen molar-refractivity contribution in [1.82, 2.24) is 5.32 Å². The molecule has 2 N–H and O–H groups in total. The molecule has 1 aromatic carbocycles. The molecule has 150 valence electrons. The van der Waals surface area contributed by atoms with Crippen LogP contribution in [0.25, 0.3) is 0 Å². The van der Waals surface area contributed by atoms with Gasteiger partial charge in [0.15, 0.2) is 11.5 Å². The number of ether oxygens (including phenoxy) is 2. The van der Waals surface area contributed by atoms with E-state index in [-0.39, 0.29) is 23.8 Å². The summed E-state index contributed by atoms with van der Waals surface area (Å²) in [5.41, 5.74) is 0.957. The first-order valence-corrected chi connectivity index (χ1v) is 9.80. The van der Waals surface area contributed by atoms with Crippen molar-refractivity contribution < 1.29 is 24.2 Å². The van der Waals surface area contributed by atoms with Crippen molar-refractivity contribution in [3.63, 3.8) is 0 Å². The second-order valence-corrected chi connectivity index (χ2v) is 7.35. The predicted molar refractivity (Wildman–Crippen MR) is 103 cm³/mol. The van der Waals surface area contributed by atoms with Crippen LogP contribution in [0.2, 0.25) is 0 Å². The van der Waals surface area contributed by atoms with Gasteiger partial charge in [0.1, 0.15) is 0 Å². The zero-order valence-corrected chi connectivity index (χ0v) is 16.7. The number of carboxylic acids is 1. The number of benzene rings is 1. The molecule has 1 saturated carbocycles. The van der Waals surface area contributed by atoms with E-state index in [1.54, 1.807) is 0 Å². The van der Waals surface area contributed by atoms with Gasteiger partial charge in [0.25, 0.3) is 0 Å². The summed E-state index contributed by atoms with van der Waals surface area (Å²) in [5.74, 6) is 0.0243. The fourth-order valence-electron chi connectivity index (χ4n) is 3.61. The summed E-state index contributed by atoms with van der Waals surface area (Å²) in [6.07, 6.45) is 1.61. The monoisotopic (exact) mass is 377 g/mol. The fraction of sp³-hybridized carbons (Fsp3) is 0.619. The van der Waals surface area contributed by atoms with E-state index in [0.717, 1.165) is 5.56 Å². The maximum absolute atomic E-state index is 12.7. The molecular weight excluding hydrogens is 346 g/mol. The molecular formula is C21H31NO5. The van der Waals surface area contributed by atoms with Crippen LogP contribution in [-0.2, 0) is 9.59 Å². The van der Waals surface area contributed by atoms with Gasteiger partial charge in [0.05, 0.1) is 25.2 Å². The van der Waals surface area contributed by atoms with Crippen molar-refractivity contribution >= 4 is 11.9 Å². The normalized spacial score (nSPS) is 20.3. The van der Waals surface area contributed by atoms with E-state index in [2.05, 4.69) is 19.2 Å². The summed E-state index contributed by atoms with van der Waals surface area (Å²) in [4.78, 5) is 23.9. The molecule has 1 aromatic rings. The maximum Gasteiger partial charge on any atom is 0.306 e. The van der Waals surface area contributed by atoms with Crippen LogP contribution in [0.1, 0.15) is 58.6 Å². The topological polar surface area (TPSA) is 84.9 Å². The lowest BCUT2D eigenvalue weighted by molar-refractivity contribution is -0.141. The third-order valence-corrected chi connectivity index (χ3v) is 5.04. The molecule has 1 unspecified atom stereocenters. The van der Waals surface area contributed by atoms with Gasteiger partial charge in [-0.15, -0.1) is 0 Å². The molecule has 0 spiro atoms. The van der Waals surface area contributed by atoms with Crippen molar-refractivity contribution in [2.75, 3.05) is 13.2 Å². The zero-order valence-electron chi connectivity index (χ0n) is 16.7. The van der Waals surface area contributed by atoms with Gasteiger partial charge in [-0.2, -0.15) is 0 Å². The van der Waals surface area contributed by atoms with Crippen molar-refractivity contribution in [3.05, 3.63) is 23.8 Å². The number of hydrogen-bond donors (Lipinski definition) is 2. The van der Waals surface area contributed by atoms with E-state index >= 15 is 0 Å². The molecule has 3 atom stereocenters. The minimum absolute atomic E-state index is 0.0655. The zero-order chi connectivity index (χ0) is 20.0. The molecule has 0 aliphatic heterocycles. The highest BCUT2D eigenvalue weighted by Gasteiger charge is 2.35. The van der Waals surface area contributed by atoms with E-state index < -0.39 is 11.9 Å². The Kier molecular flexibility index (Phi) is 7.51. The summed E-state index contributed by atoms with van der Waals surface area (Å²) in [6.45, 7) is 9.03. The van der Waals surface area contributed by atoms with Crippen LogP contribution in [0, 0.1) is 17.8 Å². The molecule has 1 amide bonds. The third kappa shape index (κ3) is 5.37. The largest absolute Gasteiger partial charge is 0.490 e. The quantitative estimate of drug-likeness (QED) is 0.684. The Morgan fingerprint density at radius 3 is 2.30 bits per heavy atom. The predicted octanol–water partition coefficient (Wildman–Crippen LogP) is 3.80. The lowest BCUT2D eigenvalue weighted by atomic mass is 9.94. The highest BCUT2D eigenvalue weighted by Crippen LogP contribution is 2.35. The molecule has 0 radical (unpaired) electrons. The van der Waals surface area contributed by atoms with Crippen LogP contribution < -0.4 is 14.8 Å². The molecule has 0 heterocycles. The average molecular weight is 377 g/mol. The SMILES string of the molecule is CCOc1ccc(C(NC(=O)[C@@H]2CC[C@H](C(=O)O)C2)C(C)C)cc1OCC. The minimum Gasteiger partial charge on any atom is -0.490 e. The molecule has 27 heavy (non-hydrogen) atoms. The van der Waals surface area contributed by atoms with Crippen molar-refractivity contribution in [2.45, 2.75) is 53.0 Å². The van der Waals surface area contributed by atoms with Gasteiger partial charge in [-0.05, 0) is 56.7 Å². The Balaban J connectivity index is 2.16. The maximum atomic E-state index is 12.7. The Hall–Kier alpha value is -2.24. The Morgan fingerprint density at radius 2 is 1.74 bits per heavy atom. The second kappa shape index (κ2) is 9.62. The second-order valence-electron chi connectivity index (χ2n) is 7.35. The highest BCUT2D eigenvalue weighted by atomic mass is 16.5. The van der Waals surface area contributed by atoms with Gasteiger partial charge in [-0.1, -0.05) is 19.9 Å². The van der Waals surface area contributed by atoms with Crippen LogP contribution in [0.15, 0.2) is 18.2 Å². The number of hydrogen-bond acceptors (Lipinski definition) is 4. The third-order valence-electron chi connectivity index (χ3n) is 5.04.